The summed E-state index contributed by atoms with van der Waals surface area (Å²) < 4.78 is 0. The van der Waals surface area contributed by atoms with Crippen LogP contribution in [0, 0.1) is 10.1 Å². The fourth-order valence-corrected chi connectivity index (χ4v) is 3.09. The molecule has 0 radical (unpaired) electrons. The fraction of sp³-hybridized carbons (Fsp3) is 0.588. The Kier molecular flexibility index (Phi) is 9.73. The number of aliphatic imine (C=N–C) groups is 1. The van der Waals surface area contributed by atoms with Gasteiger partial charge in [0.25, 0.3) is 5.69 Å². The highest BCUT2D eigenvalue weighted by molar-refractivity contribution is 14.0. The molecule has 1 saturated heterocycles. The molecular weight excluding hydrogens is 433 g/mol. The lowest BCUT2D eigenvalue weighted by Crippen LogP contribution is -2.44. The van der Waals surface area contributed by atoms with Gasteiger partial charge in [-0.05, 0) is 32.9 Å². The number of halogens is 1. The summed E-state index contributed by atoms with van der Waals surface area (Å²) in [6.45, 7) is 8.31. The topological polar surface area (TPSA) is 82.8 Å². The Morgan fingerprint density at radius 3 is 2.80 bits per heavy atom. The molecule has 0 amide bonds. The van der Waals surface area contributed by atoms with Crippen molar-refractivity contribution in [2.45, 2.75) is 39.3 Å². The average molecular weight is 461 g/mol. The number of rotatable bonds is 7. The summed E-state index contributed by atoms with van der Waals surface area (Å²) in [4.78, 5) is 17.7. The van der Waals surface area contributed by atoms with Gasteiger partial charge >= 0.3 is 0 Å². The van der Waals surface area contributed by atoms with Crippen LogP contribution in [0.15, 0.2) is 29.3 Å². The van der Waals surface area contributed by atoms with E-state index in [9.17, 15) is 10.1 Å². The molecule has 1 fully saturated rings. The van der Waals surface area contributed by atoms with Crippen LogP contribution >= 0.6 is 24.0 Å². The summed E-state index contributed by atoms with van der Waals surface area (Å²) in [6, 6.07) is 7.28. The first-order valence-corrected chi connectivity index (χ1v) is 8.64. The average Bonchev–Trinajstić information content (AvgIpc) is 3.05. The Hall–Kier alpha value is -1.42. The van der Waals surface area contributed by atoms with E-state index in [-0.39, 0.29) is 41.1 Å². The normalized spacial score (nSPS) is 17.8. The quantitative estimate of drug-likeness (QED) is 0.215. The molecule has 7 nitrogen and oxygen atoms in total. The zero-order valence-corrected chi connectivity index (χ0v) is 17.2. The second-order valence-corrected chi connectivity index (χ2v) is 5.89. The number of likely N-dealkylation sites (tertiary alicyclic amines) is 1. The second kappa shape index (κ2) is 11.2. The zero-order valence-electron chi connectivity index (χ0n) is 14.9. The van der Waals surface area contributed by atoms with Crippen molar-refractivity contribution in [2.24, 2.45) is 4.99 Å². The van der Waals surface area contributed by atoms with Gasteiger partial charge in [0.2, 0.25) is 0 Å². The predicted molar refractivity (Wildman–Crippen MR) is 112 cm³/mol. The molecule has 1 aromatic carbocycles. The van der Waals surface area contributed by atoms with E-state index in [1.165, 1.54) is 18.9 Å². The number of likely N-dealkylation sites (N-methyl/N-ethyl adjacent to an activating group) is 1. The molecule has 1 heterocycles. The maximum atomic E-state index is 11.1. The van der Waals surface area contributed by atoms with Gasteiger partial charge in [0.1, 0.15) is 0 Å². The minimum absolute atomic E-state index is 0. The zero-order chi connectivity index (χ0) is 17.4. The van der Waals surface area contributed by atoms with Crippen LogP contribution in [0.3, 0.4) is 0 Å². The first-order valence-electron chi connectivity index (χ1n) is 8.64. The molecule has 1 aromatic rings. The van der Waals surface area contributed by atoms with Crippen molar-refractivity contribution in [1.29, 1.82) is 0 Å². The maximum absolute atomic E-state index is 11.1. The van der Waals surface area contributed by atoms with Crippen LogP contribution in [-0.2, 0) is 6.54 Å². The number of hydrogen-bond acceptors (Lipinski definition) is 4. The van der Waals surface area contributed by atoms with E-state index in [1.54, 1.807) is 18.2 Å². The third-order valence-electron chi connectivity index (χ3n) is 4.35. The van der Waals surface area contributed by atoms with Crippen LogP contribution in [0.5, 0.6) is 0 Å². The van der Waals surface area contributed by atoms with Gasteiger partial charge in [-0.2, -0.15) is 0 Å². The van der Waals surface area contributed by atoms with E-state index in [0.29, 0.717) is 17.6 Å². The fourth-order valence-electron chi connectivity index (χ4n) is 3.09. The highest BCUT2D eigenvalue weighted by Gasteiger charge is 2.22. The Balaban J connectivity index is 0.00000312. The molecule has 2 rings (SSSR count). The van der Waals surface area contributed by atoms with E-state index < -0.39 is 0 Å². The van der Waals surface area contributed by atoms with Crippen LogP contribution in [0.1, 0.15) is 32.3 Å². The molecule has 25 heavy (non-hydrogen) atoms. The lowest BCUT2D eigenvalue weighted by atomic mass is 10.2. The molecule has 8 heteroatoms. The van der Waals surface area contributed by atoms with Gasteiger partial charge in [-0.3, -0.25) is 15.0 Å². The number of nitrogens with one attached hydrogen (secondary N) is 2. The Morgan fingerprint density at radius 2 is 2.12 bits per heavy atom. The van der Waals surface area contributed by atoms with E-state index in [1.807, 2.05) is 6.92 Å². The predicted octanol–water partition coefficient (Wildman–Crippen LogP) is 2.75. The molecule has 0 spiro atoms. The van der Waals surface area contributed by atoms with Crippen LogP contribution in [-0.4, -0.2) is 48.0 Å². The van der Waals surface area contributed by atoms with E-state index in [0.717, 1.165) is 26.2 Å². The van der Waals surface area contributed by atoms with Gasteiger partial charge in [-0.25, -0.2) is 4.99 Å². The summed E-state index contributed by atoms with van der Waals surface area (Å²) in [5.74, 6) is 0.707. The van der Waals surface area contributed by atoms with E-state index in [4.69, 9.17) is 0 Å². The molecule has 0 aliphatic carbocycles. The molecule has 140 valence electrons. The van der Waals surface area contributed by atoms with Crippen molar-refractivity contribution >= 4 is 35.6 Å². The Labute approximate surface area is 166 Å². The smallest absolute Gasteiger partial charge is 0.274 e. The molecular formula is C17H28IN5O2. The third-order valence-corrected chi connectivity index (χ3v) is 4.35. The van der Waals surface area contributed by atoms with Crippen LogP contribution < -0.4 is 10.6 Å². The number of hydrogen-bond donors (Lipinski definition) is 2. The van der Waals surface area contributed by atoms with Crippen molar-refractivity contribution < 1.29 is 4.92 Å². The maximum Gasteiger partial charge on any atom is 0.274 e. The molecule has 1 aliphatic heterocycles. The first-order chi connectivity index (χ1) is 11.7. The van der Waals surface area contributed by atoms with Crippen molar-refractivity contribution in [3.63, 3.8) is 0 Å². The third kappa shape index (κ3) is 6.43. The van der Waals surface area contributed by atoms with Gasteiger partial charge in [-0.15, -0.1) is 24.0 Å². The van der Waals surface area contributed by atoms with Crippen LogP contribution in [0.2, 0.25) is 0 Å². The number of nitro benzene ring substituents is 1. The molecule has 1 aliphatic rings. The van der Waals surface area contributed by atoms with Crippen LogP contribution in [0.25, 0.3) is 0 Å². The van der Waals surface area contributed by atoms with Crippen molar-refractivity contribution in [2.75, 3.05) is 26.2 Å². The Bertz CT molecular complexity index is 582. The van der Waals surface area contributed by atoms with E-state index >= 15 is 0 Å². The number of nitrogens with zero attached hydrogens (tertiary/aromatic N) is 3. The summed E-state index contributed by atoms with van der Waals surface area (Å²) >= 11 is 0. The van der Waals surface area contributed by atoms with Gasteiger partial charge in [0.15, 0.2) is 5.96 Å². The van der Waals surface area contributed by atoms with Crippen LogP contribution in [0.4, 0.5) is 5.69 Å². The van der Waals surface area contributed by atoms with Gasteiger partial charge in [0.05, 0.1) is 17.0 Å². The van der Waals surface area contributed by atoms with Gasteiger partial charge < -0.3 is 10.6 Å². The number of benzene rings is 1. The molecule has 1 atom stereocenters. The van der Waals surface area contributed by atoms with Crippen molar-refractivity contribution in [1.82, 2.24) is 15.5 Å². The highest BCUT2D eigenvalue weighted by atomic mass is 127. The van der Waals surface area contributed by atoms with Gasteiger partial charge in [-0.1, -0.05) is 25.1 Å². The number of para-hydroxylation sites is 1. The Morgan fingerprint density at radius 1 is 1.36 bits per heavy atom. The minimum Gasteiger partial charge on any atom is -0.357 e. The first kappa shape index (κ1) is 21.6. The largest absolute Gasteiger partial charge is 0.357 e. The van der Waals surface area contributed by atoms with Crippen molar-refractivity contribution in [3.8, 4) is 0 Å². The standard InChI is InChI=1S/C17H27N5O2.HI/c1-3-18-17(20-13-15-9-7-11-21(15)4-2)19-12-14-8-5-6-10-16(14)22(23)24;/h5-6,8,10,15H,3-4,7,9,11-13H2,1-2H3,(H2,18,19,20);1H. The summed E-state index contributed by atoms with van der Waals surface area (Å²) in [5.41, 5.74) is 0.737. The molecule has 0 saturated carbocycles. The van der Waals surface area contributed by atoms with Crippen molar-refractivity contribution in [3.05, 3.63) is 39.9 Å². The van der Waals surface area contributed by atoms with E-state index in [2.05, 4.69) is 27.4 Å². The molecule has 2 N–H and O–H groups in total. The second-order valence-electron chi connectivity index (χ2n) is 5.89. The molecule has 1 unspecified atom stereocenters. The highest BCUT2D eigenvalue weighted by Crippen LogP contribution is 2.18. The van der Waals surface area contributed by atoms with Gasteiger partial charge in [0, 0.05) is 25.2 Å². The monoisotopic (exact) mass is 461 g/mol. The SMILES string of the molecule is CCNC(=NCc1ccccc1[N+](=O)[O-])NCC1CCCN1CC.I. The minimum atomic E-state index is -0.358. The molecule has 0 bridgehead atoms. The molecule has 0 aromatic heterocycles. The summed E-state index contributed by atoms with van der Waals surface area (Å²) in [5, 5.41) is 17.7. The number of nitro groups is 1. The lowest BCUT2D eigenvalue weighted by molar-refractivity contribution is -0.385. The summed E-state index contributed by atoms with van der Waals surface area (Å²) in [6.07, 6.45) is 2.44. The summed E-state index contributed by atoms with van der Waals surface area (Å²) in [7, 11) is 0. The number of guanidine groups is 1. The lowest BCUT2D eigenvalue weighted by Gasteiger charge is -2.24.